The van der Waals surface area contributed by atoms with E-state index in [1.165, 1.54) is 0 Å². The first-order chi connectivity index (χ1) is 4.66. The van der Waals surface area contributed by atoms with Crippen LogP contribution in [0.4, 0.5) is 0 Å². The lowest BCUT2D eigenvalue weighted by molar-refractivity contribution is 0.594. The zero-order valence-electron chi connectivity index (χ0n) is 5.87. The van der Waals surface area contributed by atoms with Gasteiger partial charge in [0.2, 0.25) is 11.2 Å². The Labute approximate surface area is 63.0 Å². The second-order valence-electron chi connectivity index (χ2n) is 1.93. The Morgan fingerprint density at radius 2 is 2.30 bits per heavy atom. The van der Waals surface area contributed by atoms with Gasteiger partial charge in [0.1, 0.15) is 5.70 Å². The van der Waals surface area contributed by atoms with Gasteiger partial charge in [-0.1, -0.05) is 0 Å². The molecule has 1 unspecified atom stereocenters. The Morgan fingerprint density at radius 1 is 1.70 bits per heavy atom. The van der Waals surface area contributed by atoms with E-state index in [2.05, 4.69) is 5.92 Å². The van der Waals surface area contributed by atoms with Crippen molar-refractivity contribution >= 4 is 11.2 Å². The number of allylic oxidation sites excluding steroid dienone is 1. The van der Waals surface area contributed by atoms with E-state index in [0.29, 0.717) is 5.70 Å². The zero-order chi connectivity index (χ0) is 7.72. The standard InChI is InChI=1S/C6H8N2OS/c1-4-6-5-7(2)10(9)8(6)3/h1,5H,2-3H3. The van der Waals surface area contributed by atoms with E-state index in [9.17, 15) is 4.21 Å². The molecule has 0 saturated heterocycles. The monoisotopic (exact) mass is 156 g/mol. The van der Waals surface area contributed by atoms with E-state index in [4.69, 9.17) is 6.42 Å². The number of hydrogen-bond donors (Lipinski definition) is 0. The fraction of sp³-hybridized carbons (Fsp3) is 0.333. The number of hydrogen-bond acceptors (Lipinski definition) is 1. The summed E-state index contributed by atoms with van der Waals surface area (Å²) in [7, 11) is 3.42. The quantitative estimate of drug-likeness (QED) is 0.450. The molecule has 1 heterocycles. The third kappa shape index (κ3) is 0.888. The van der Waals surface area contributed by atoms with Crippen LogP contribution in [0, 0.1) is 12.3 Å². The molecule has 4 heteroatoms. The van der Waals surface area contributed by atoms with Gasteiger partial charge in [0.25, 0.3) is 0 Å². The minimum absolute atomic E-state index is 0.654. The average Bonchev–Trinajstić information content (AvgIpc) is 2.17. The molecule has 1 rings (SSSR count). The Morgan fingerprint density at radius 3 is 2.50 bits per heavy atom. The summed E-state index contributed by atoms with van der Waals surface area (Å²) in [6.45, 7) is 0. The third-order valence-corrected chi connectivity index (χ3v) is 2.54. The Bertz CT molecular complexity index is 241. The van der Waals surface area contributed by atoms with Crippen molar-refractivity contribution in [3.05, 3.63) is 11.9 Å². The second kappa shape index (κ2) is 2.35. The van der Waals surface area contributed by atoms with Crippen molar-refractivity contribution in [3.8, 4) is 12.3 Å². The summed E-state index contributed by atoms with van der Waals surface area (Å²) in [4.78, 5) is 0. The van der Waals surface area contributed by atoms with E-state index in [1.54, 1.807) is 28.9 Å². The van der Waals surface area contributed by atoms with Crippen molar-refractivity contribution in [1.82, 2.24) is 8.61 Å². The van der Waals surface area contributed by atoms with Gasteiger partial charge in [0.05, 0.1) is 0 Å². The van der Waals surface area contributed by atoms with Crippen LogP contribution in [0.25, 0.3) is 0 Å². The molecule has 0 spiro atoms. The molecule has 3 nitrogen and oxygen atoms in total. The van der Waals surface area contributed by atoms with Crippen LogP contribution in [0.15, 0.2) is 11.9 Å². The molecule has 0 aliphatic carbocycles. The fourth-order valence-electron chi connectivity index (χ4n) is 0.704. The molecular formula is C6H8N2OS. The molecular weight excluding hydrogens is 148 g/mol. The van der Waals surface area contributed by atoms with Crippen LogP contribution < -0.4 is 0 Å². The smallest absolute Gasteiger partial charge is 0.225 e. The highest BCUT2D eigenvalue weighted by Crippen LogP contribution is 2.15. The molecule has 10 heavy (non-hydrogen) atoms. The van der Waals surface area contributed by atoms with Gasteiger partial charge in [-0.2, -0.15) is 0 Å². The van der Waals surface area contributed by atoms with E-state index < -0.39 is 11.2 Å². The van der Waals surface area contributed by atoms with Gasteiger partial charge < -0.3 is 0 Å². The SMILES string of the molecule is C#CC1=CN(C)S(=O)N1C. The minimum atomic E-state index is -1.11. The summed E-state index contributed by atoms with van der Waals surface area (Å²) in [5.41, 5.74) is 0.654. The molecule has 0 radical (unpaired) electrons. The van der Waals surface area contributed by atoms with Crippen LogP contribution in [0.3, 0.4) is 0 Å². The van der Waals surface area contributed by atoms with Gasteiger partial charge in [-0.25, -0.2) is 4.21 Å². The fourth-order valence-corrected chi connectivity index (χ4v) is 1.55. The summed E-state index contributed by atoms with van der Waals surface area (Å²) in [5, 5.41) is 0. The van der Waals surface area contributed by atoms with Crippen molar-refractivity contribution in [3.63, 3.8) is 0 Å². The van der Waals surface area contributed by atoms with Gasteiger partial charge in [-0.3, -0.25) is 8.61 Å². The molecule has 0 amide bonds. The second-order valence-corrected chi connectivity index (χ2v) is 3.52. The normalized spacial score (nSPS) is 24.5. The molecule has 1 aliphatic rings. The topological polar surface area (TPSA) is 23.6 Å². The van der Waals surface area contributed by atoms with Crippen molar-refractivity contribution in [2.75, 3.05) is 14.1 Å². The first-order valence-electron chi connectivity index (χ1n) is 2.74. The number of nitrogens with zero attached hydrogens (tertiary/aromatic N) is 2. The Balaban J connectivity index is 2.91. The molecule has 0 aromatic heterocycles. The molecule has 1 atom stereocenters. The highest BCUT2D eigenvalue weighted by molar-refractivity contribution is 7.80. The maximum absolute atomic E-state index is 11.1. The highest BCUT2D eigenvalue weighted by atomic mass is 32.2. The zero-order valence-corrected chi connectivity index (χ0v) is 6.68. The average molecular weight is 156 g/mol. The van der Waals surface area contributed by atoms with E-state index >= 15 is 0 Å². The van der Waals surface area contributed by atoms with Gasteiger partial charge in [0, 0.05) is 20.3 Å². The van der Waals surface area contributed by atoms with Crippen LogP contribution in [0.2, 0.25) is 0 Å². The first kappa shape index (κ1) is 7.16. The minimum Gasteiger partial charge on any atom is -0.282 e. The summed E-state index contributed by atoms with van der Waals surface area (Å²) in [6.07, 6.45) is 6.80. The maximum Gasteiger partial charge on any atom is 0.225 e. The third-order valence-electron chi connectivity index (χ3n) is 1.27. The van der Waals surface area contributed by atoms with Gasteiger partial charge in [-0.05, 0) is 5.92 Å². The van der Waals surface area contributed by atoms with Crippen LogP contribution >= 0.6 is 0 Å². The van der Waals surface area contributed by atoms with E-state index in [-0.39, 0.29) is 0 Å². The largest absolute Gasteiger partial charge is 0.282 e. The van der Waals surface area contributed by atoms with Gasteiger partial charge >= 0.3 is 0 Å². The summed E-state index contributed by atoms with van der Waals surface area (Å²) >= 11 is -1.11. The van der Waals surface area contributed by atoms with Crippen LogP contribution in [0.1, 0.15) is 0 Å². The van der Waals surface area contributed by atoms with Gasteiger partial charge in [-0.15, -0.1) is 6.42 Å². The van der Waals surface area contributed by atoms with E-state index in [1.807, 2.05) is 0 Å². The number of rotatable bonds is 0. The molecule has 0 saturated carbocycles. The summed E-state index contributed by atoms with van der Waals surface area (Å²) in [5.74, 6) is 2.43. The van der Waals surface area contributed by atoms with E-state index in [0.717, 1.165) is 0 Å². The van der Waals surface area contributed by atoms with Crippen LogP contribution in [0.5, 0.6) is 0 Å². The lowest BCUT2D eigenvalue weighted by atomic mass is 10.5. The number of terminal acetylenes is 1. The molecule has 0 aromatic rings. The molecule has 0 bridgehead atoms. The summed E-state index contributed by atoms with van der Waals surface area (Å²) in [6, 6.07) is 0. The van der Waals surface area contributed by atoms with Crippen molar-refractivity contribution in [2.45, 2.75) is 0 Å². The first-order valence-corrected chi connectivity index (χ1v) is 3.80. The molecule has 0 fully saturated rings. The van der Waals surface area contributed by atoms with Crippen LogP contribution in [-0.2, 0) is 11.2 Å². The predicted octanol–water partition coefficient (Wildman–Crippen LogP) is -0.0831. The molecule has 54 valence electrons. The molecule has 0 N–H and O–H groups in total. The Kier molecular flexibility index (Phi) is 1.68. The Hall–Kier alpha value is -0.950. The van der Waals surface area contributed by atoms with Gasteiger partial charge in [0.15, 0.2) is 0 Å². The van der Waals surface area contributed by atoms with Crippen LogP contribution in [-0.4, -0.2) is 26.9 Å². The summed E-state index contributed by atoms with van der Waals surface area (Å²) < 4.78 is 14.2. The molecule has 0 aromatic carbocycles. The lowest BCUT2D eigenvalue weighted by Gasteiger charge is -2.11. The van der Waals surface area contributed by atoms with Crippen molar-refractivity contribution < 1.29 is 4.21 Å². The predicted molar refractivity (Wildman–Crippen MR) is 40.6 cm³/mol. The molecule has 1 aliphatic heterocycles. The van der Waals surface area contributed by atoms with Crippen molar-refractivity contribution in [1.29, 1.82) is 0 Å². The maximum atomic E-state index is 11.1. The highest BCUT2D eigenvalue weighted by Gasteiger charge is 2.20. The van der Waals surface area contributed by atoms with Crippen molar-refractivity contribution in [2.24, 2.45) is 0 Å². The lowest BCUT2D eigenvalue weighted by Crippen LogP contribution is -2.21.